The summed E-state index contributed by atoms with van der Waals surface area (Å²) in [4.78, 5) is 24.6. The van der Waals surface area contributed by atoms with Gasteiger partial charge in [-0.05, 0) is 12.5 Å². The number of nitrogens with one attached hydrogen (secondary N) is 2. The van der Waals surface area contributed by atoms with Crippen molar-refractivity contribution in [3.8, 4) is 0 Å². The van der Waals surface area contributed by atoms with Gasteiger partial charge in [0, 0.05) is 31.0 Å². The van der Waals surface area contributed by atoms with Gasteiger partial charge in [-0.3, -0.25) is 9.59 Å². The van der Waals surface area contributed by atoms with Crippen molar-refractivity contribution in [2.75, 3.05) is 13.2 Å². The van der Waals surface area contributed by atoms with Gasteiger partial charge in [0.25, 0.3) is 5.91 Å². The average Bonchev–Trinajstić information content (AvgIpc) is 2.18. The van der Waals surface area contributed by atoms with E-state index in [1.807, 2.05) is 0 Å². The molecule has 0 aliphatic heterocycles. The van der Waals surface area contributed by atoms with E-state index in [4.69, 9.17) is 5.11 Å². The first-order chi connectivity index (χ1) is 6.74. The summed E-state index contributed by atoms with van der Waals surface area (Å²) in [5.74, 6) is -0.301. The molecule has 0 fully saturated rings. The highest BCUT2D eigenvalue weighted by atomic mass is 16.3. The Bertz CT molecular complexity index is 359. The molecule has 0 aliphatic carbocycles. The average molecular weight is 196 g/mol. The van der Waals surface area contributed by atoms with Crippen LogP contribution in [-0.4, -0.2) is 29.1 Å². The van der Waals surface area contributed by atoms with Crippen LogP contribution in [0, 0.1) is 0 Å². The third-order valence-corrected chi connectivity index (χ3v) is 1.66. The van der Waals surface area contributed by atoms with Gasteiger partial charge in [-0.15, -0.1) is 0 Å². The Hall–Kier alpha value is -1.62. The van der Waals surface area contributed by atoms with Crippen molar-refractivity contribution in [1.29, 1.82) is 0 Å². The number of hydrogen-bond donors (Lipinski definition) is 3. The number of aliphatic hydroxyl groups excluding tert-OH is 1. The fourth-order valence-electron chi connectivity index (χ4n) is 0.969. The Morgan fingerprint density at radius 1 is 1.57 bits per heavy atom. The molecule has 0 spiro atoms. The van der Waals surface area contributed by atoms with E-state index >= 15 is 0 Å². The number of rotatable bonds is 4. The van der Waals surface area contributed by atoms with E-state index in [0.29, 0.717) is 18.5 Å². The van der Waals surface area contributed by atoms with E-state index in [0.717, 1.165) is 0 Å². The zero-order valence-electron chi connectivity index (χ0n) is 7.62. The molecule has 1 rings (SSSR count). The quantitative estimate of drug-likeness (QED) is 0.567. The van der Waals surface area contributed by atoms with Crippen LogP contribution >= 0.6 is 0 Å². The van der Waals surface area contributed by atoms with Crippen LogP contribution in [0.2, 0.25) is 0 Å². The van der Waals surface area contributed by atoms with E-state index in [1.54, 1.807) is 0 Å². The number of aromatic nitrogens is 1. The molecule has 0 saturated heterocycles. The number of carbonyl (C=O) groups is 1. The third-order valence-electron chi connectivity index (χ3n) is 1.66. The molecule has 1 aromatic rings. The summed E-state index contributed by atoms with van der Waals surface area (Å²) in [5, 5.41) is 11.1. The number of hydrogen-bond acceptors (Lipinski definition) is 3. The minimum atomic E-state index is -0.306. The Kier molecular flexibility index (Phi) is 3.87. The molecule has 5 nitrogen and oxygen atoms in total. The first kappa shape index (κ1) is 10.5. The number of amides is 1. The number of H-pyrrole nitrogens is 1. The van der Waals surface area contributed by atoms with Crippen LogP contribution in [0.1, 0.15) is 16.8 Å². The monoisotopic (exact) mass is 196 g/mol. The molecule has 1 aromatic heterocycles. The molecule has 0 bridgehead atoms. The summed E-state index contributed by atoms with van der Waals surface area (Å²) in [6, 6.07) is 2.75. The second kappa shape index (κ2) is 5.18. The number of aromatic amines is 1. The lowest BCUT2D eigenvalue weighted by Gasteiger charge is -2.02. The van der Waals surface area contributed by atoms with Crippen LogP contribution in [0.25, 0.3) is 0 Å². The maximum absolute atomic E-state index is 11.3. The third kappa shape index (κ3) is 3.02. The van der Waals surface area contributed by atoms with Crippen LogP contribution in [0.4, 0.5) is 0 Å². The van der Waals surface area contributed by atoms with Gasteiger partial charge in [0.2, 0.25) is 5.56 Å². The van der Waals surface area contributed by atoms with E-state index in [2.05, 4.69) is 10.3 Å². The largest absolute Gasteiger partial charge is 0.396 e. The second-order valence-electron chi connectivity index (χ2n) is 2.77. The molecule has 0 radical (unpaired) electrons. The summed E-state index contributed by atoms with van der Waals surface area (Å²) in [7, 11) is 0. The highest BCUT2D eigenvalue weighted by Gasteiger charge is 2.03. The Labute approximate surface area is 80.8 Å². The van der Waals surface area contributed by atoms with Crippen LogP contribution in [0.15, 0.2) is 23.1 Å². The van der Waals surface area contributed by atoms with E-state index in [-0.39, 0.29) is 18.1 Å². The predicted octanol–water partition coefficient (Wildman–Crippen LogP) is -0.513. The zero-order chi connectivity index (χ0) is 10.4. The Morgan fingerprint density at radius 2 is 2.36 bits per heavy atom. The molecule has 76 valence electrons. The lowest BCUT2D eigenvalue weighted by atomic mass is 10.2. The lowest BCUT2D eigenvalue weighted by molar-refractivity contribution is 0.0951. The van der Waals surface area contributed by atoms with Crippen molar-refractivity contribution in [2.24, 2.45) is 0 Å². The maximum Gasteiger partial charge on any atom is 0.251 e. The van der Waals surface area contributed by atoms with Crippen molar-refractivity contribution in [1.82, 2.24) is 10.3 Å². The molecule has 0 aromatic carbocycles. The molecule has 1 heterocycles. The molecular formula is C9H12N2O3. The molecule has 1 amide bonds. The predicted molar refractivity (Wildman–Crippen MR) is 51.1 cm³/mol. The SMILES string of the molecule is O=C(NCCCO)c1cc[nH]c(=O)c1. The molecule has 0 saturated carbocycles. The van der Waals surface area contributed by atoms with E-state index in [9.17, 15) is 9.59 Å². The molecule has 3 N–H and O–H groups in total. The Morgan fingerprint density at radius 3 is 3.00 bits per heavy atom. The summed E-state index contributed by atoms with van der Waals surface area (Å²) >= 11 is 0. The van der Waals surface area contributed by atoms with Crippen molar-refractivity contribution >= 4 is 5.91 Å². The van der Waals surface area contributed by atoms with Crippen molar-refractivity contribution in [3.63, 3.8) is 0 Å². The summed E-state index contributed by atoms with van der Waals surface area (Å²) < 4.78 is 0. The summed E-state index contributed by atoms with van der Waals surface area (Å²) in [6.07, 6.45) is 1.93. The highest BCUT2D eigenvalue weighted by molar-refractivity contribution is 5.93. The number of pyridine rings is 1. The minimum Gasteiger partial charge on any atom is -0.396 e. The Balaban J connectivity index is 2.56. The molecule has 0 aliphatic rings. The van der Waals surface area contributed by atoms with Crippen LogP contribution < -0.4 is 10.9 Å². The van der Waals surface area contributed by atoms with Gasteiger partial charge in [0.15, 0.2) is 0 Å². The molecular weight excluding hydrogens is 184 g/mol. The fourth-order valence-corrected chi connectivity index (χ4v) is 0.969. The molecule has 0 unspecified atom stereocenters. The van der Waals surface area contributed by atoms with Gasteiger partial charge >= 0.3 is 0 Å². The van der Waals surface area contributed by atoms with Crippen molar-refractivity contribution in [2.45, 2.75) is 6.42 Å². The fraction of sp³-hybridized carbons (Fsp3) is 0.333. The smallest absolute Gasteiger partial charge is 0.251 e. The number of carbonyl (C=O) groups excluding carboxylic acids is 1. The van der Waals surface area contributed by atoms with Crippen molar-refractivity contribution in [3.05, 3.63) is 34.2 Å². The van der Waals surface area contributed by atoms with Gasteiger partial charge in [-0.25, -0.2) is 0 Å². The van der Waals surface area contributed by atoms with Crippen LogP contribution in [0.5, 0.6) is 0 Å². The summed E-state index contributed by atoms with van der Waals surface area (Å²) in [5.41, 5.74) is 0.0199. The van der Waals surface area contributed by atoms with Gasteiger partial charge in [-0.2, -0.15) is 0 Å². The molecule has 14 heavy (non-hydrogen) atoms. The minimum absolute atomic E-state index is 0.0374. The van der Waals surface area contributed by atoms with Crippen LogP contribution in [0.3, 0.4) is 0 Å². The van der Waals surface area contributed by atoms with Crippen molar-refractivity contribution < 1.29 is 9.90 Å². The second-order valence-corrected chi connectivity index (χ2v) is 2.77. The standard InChI is InChI=1S/C9H12N2O3/c12-5-1-3-11-9(14)7-2-4-10-8(13)6-7/h2,4,6,12H,1,3,5H2,(H,10,13)(H,11,14). The summed E-state index contributed by atoms with van der Waals surface area (Å²) in [6.45, 7) is 0.442. The van der Waals surface area contributed by atoms with Crippen LogP contribution in [-0.2, 0) is 0 Å². The van der Waals surface area contributed by atoms with E-state index < -0.39 is 0 Å². The van der Waals surface area contributed by atoms with E-state index in [1.165, 1.54) is 18.3 Å². The van der Waals surface area contributed by atoms with Gasteiger partial charge in [0.05, 0.1) is 0 Å². The van der Waals surface area contributed by atoms with Gasteiger partial charge in [0.1, 0.15) is 0 Å². The van der Waals surface area contributed by atoms with Gasteiger partial charge in [-0.1, -0.05) is 0 Å². The maximum atomic E-state index is 11.3. The molecule has 0 atom stereocenters. The highest BCUT2D eigenvalue weighted by Crippen LogP contribution is 1.92. The molecule has 5 heteroatoms. The normalized spacial score (nSPS) is 9.79. The first-order valence-corrected chi connectivity index (χ1v) is 4.32. The topological polar surface area (TPSA) is 82.2 Å². The zero-order valence-corrected chi connectivity index (χ0v) is 7.62. The first-order valence-electron chi connectivity index (χ1n) is 4.32. The number of aliphatic hydroxyl groups is 1. The lowest BCUT2D eigenvalue weighted by Crippen LogP contribution is -2.26. The van der Waals surface area contributed by atoms with Gasteiger partial charge < -0.3 is 15.4 Å².